The first-order valence-electron chi connectivity index (χ1n) is 6.38. The molecule has 0 saturated heterocycles. The van der Waals surface area contributed by atoms with Crippen molar-refractivity contribution < 1.29 is 18.7 Å². The van der Waals surface area contributed by atoms with Crippen LogP contribution in [0.4, 0.5) is 10.1 Å². The number of anilines is 1. The first kappa shape index (κ1) is 14.8. The van der Waals surface area contributed by atoms with Crippen LogP contribution in [0.5, 0.6) is 5.75 Å². The van der Waals surface area contributed by atoms with E-state index in [0.29, 0.717) is 5.56 Å². The molecular formula is C16H16FNO3. The summed E-state index contributed by atoms with van der Waals surface area (Å²) in [4.78, 5) is 11.9. The minimum absolute atomic E-state index is 0.127. The molecule has 4 nitrogen and oxygen atoms in total. The number of halogens is 1. The molecule has 1 atom stereocenters. The maximum Gasteiger partial charge on any atom is 0.332 e. The Kier molecular flexibility index (Phi) is 4.77. The molecule has 0 spiro atoms. The second-order valence-corrected chi connectivity index (χ2v) is 4.36. The second kappa shape index (κ2) is 6.74. The molecule has 1 N–H and O–H groups in total. The quantitative estimate of drug-likeness (QED) is 0.859. The summed E-state index contributed by atoms with van der Waals surface area (Å²) in [6.07, 6.45) is 0. The number of rotatable bonds is 5. The largest absolute Gasteiger partial charge is 0.494 e. The lowest BCUT2D eigenvalue weighted by Crippen LogP contribution is -2.22. The van der Waals surface area contributed by atoms with Crippen molar-refractivity contribution in [3.05, 3.63) is 59.9 Å². The summed E-state index contributed by atoms with van der Waals surface area (Å²) >= 11 is 0. The van der Waals surface area contributed by atoms with Gasteiger partial charge in [0.05, 0.1) is 14.2 Å². The van der Waals surface area contributed by atoms with Crippen LogP contribution in [-0.2, 0) is 9.53 Å². The molecule has 0 heterocycles. The monoisotopic (exact) mass is 289 g/mol. The van der Waals surface area contributed by atoms with E-state index in [9.17, 15) is 9.18 Å². The molecule has 2 rings (SSSR count). The fraction of sp³-hybridized carbons (Fsp3) is 0.188. The van der Waals surface area contributed by atoms with Gasteiger partial charge in [-0.1, -0.05) is 24.3 Å². The summed E-state index contributed by atoms with van der Waals surface area (Å²) < 4.78 is 23.5. The summed E-state index contributed by atoms with van der Waals surface area (Å²) in [6.45, 7) is 0. The summed E-state index contributed by atoms with van der Waals surface area (Å²) in [5, 5.41) is 3.03. The van der Waals surface area contributed by atoms with E-state index in [4.69, 9.17) is 9.47 Å². The third kappa shape index (κ3) is 3.51. The molecule has 21 heavy (non-hydrogen) atoms. The van der Waals surface area contributed by atoms with Crippen molar-refractivity contribution in [3.8, 4) is 5.75 Å². The number of hydrogen-bond donors (Lipinski definition) is 1. The van der Waals surface area contributed by atoms with Crippen LogP contribution in [-0.4, -0.2) is 20.2 Å². The van der Waals surface area contributed by atoms with Crippen LogP contribution in [0.25, 0.3) is 0 Å². The van der Waals surface area contributed by atoms with Crippen LogP contribution >= 0.6 is 0 Å². The molecule has 0 radical (unpaired) electrons. The Morgan fingerprint density at radius 2 is 1.86 bits per heavy atom. The molecule has 110 valence electrons. The van der Waals surface area contributed by atoms with Crippen LogP contribution in [0.15, 0.2) is 48.5 Å². The van der Waals surface area contributed by atoms with E-state index >= 15 is 0 Å². The van der Waals surface area contributed by atoms with Gasteiger partial charge in [0, 0.05) is 5.69 Å². The van der Waals surface area contributed by atoms with Gasteiger partial charge in [-0.05, 0) is 29.8 Å². The Morgan fingerprint density at radius 1 is 1.14 bits per heavy atom. The zero-order valence-corrected chi connectivity index (χ0v) is 11.8. The number of esters is 1. The lowest BCUT2D eigenvalue weighted by atomic mass is 10.1. The normalized spacial score (nSPS) is 11.6. The average Bonchev–Trinajstić information content (AvgIpc) is 2.53. The van der Waals surface area contributed by atoms with Gasteiger partial charge in [-0.3, -0.25) is 0 Å². The maximum atomic E-state index is 13.8. The maximum absolute atomic E-state index is 13.8. The van der Waals surface area contributed by atoms with Gasteiger partial charge in [-0.2, -0.15) is 0 Å². The Hall–Kier alpha value is -2.56. The number of hydrogen-bond acceptors (Lipinski definition) is 4. The van der Waals surface area contributed by atoms with Gasteiger partial charge in [0.1, 0.15) is 0 Å². The number of nitrogens with one attached hydrogen (secondary N) is 1. The van der Waals surface area contributed by atoms with E-state index < -0.39 is 17.8 Å². The molecule has 0 saturated carbocycles. The van der Waals surface area contributed by atoms with Crippen molar-refractivity contribution in [3.63, 3.8) is 0 Å². The van der Waals surface area contributed by atoms with Crippen molar-refractivity contribution >= 4 is 11.7 Å². The minimum atomic E-state index is -0.794. The van der Waals surface area contributed by atoms with E-state index in [1.54, 1.807) is 6.07 Å². The third-order valence-corrected chi connectivity index (χ3v) is 3.03. The van der Waals surface area contributed by atoms with E-state index in [-0.39, 0.29) is 5.75 Å². The van der Waals surface area contributed by atoms with Gasteiger partial charge < -0.3 is 14.8 Å². The highest BCUT2D eigenvalue weighted by Gasteiger charge is 2.22. The fourth-order valence-electron chi connectivity index (χ4n) is 1.96. The molecule has 5 heteroatoms. The number of carbonyl (C=O) groups excluding carboxylic acids is 1. The molecule has 2 aromatic rings. The zero-order chi connectivity index (χ0) is 15.2. The number of carbonyl (C=O) groups is 1. The summed E-state index contributed by atoms with van der Waals surface area (Å²) in [5.74, 6) is -0.899. The van der Waals surface area contributed by atoms with Crippen LogP contribution < -0.4 is 10.1 Å². The third-order valence-electron chi connectivity index (χ3n) is 3.03. The molecule has 1 unspecified atom stereocenters. The molecular weight excluding hydrogens is 273 g/mol. The van der Waals surface area contributed by atoms with E-state index in [1.807, 2.05) is 30.3 Å². The molecule has 0 bridgehead atoms. The van der Waals surface area contributed by atoms with E-state index in [1.165, 1.54) is 26.4 Å². The number of methoxy groups -OCH3 is 2. The van der Waals surface area contributed by atoms with E-state index in [2.05, 4.69) is 5.32 Å². The lowest BCUT2D eigenvalue weighted by Gasteiger charge is -2.18. The van der Waals surface area contributed by atoms with Gasteiger partial charge in [-0.25, -0.2) is 9.18 Å². The summed E-state index contributed by atoms with van der Waals surface area (Å²) in [7, 11) is 2.68. The van der Waals surface area contributed by atoms with Gasteiger partial charge in [-0.15, -0.1) is 0 Å². The molecule has 0 amide bonds. The highest BCUT2D eigenvalue weighted by atomic mass is 19.1. The number of ether oxygens (including phenoxy) is 2. The predicted octanol–water partition coefficient (Wildman–Crippen LogP) is 3.16. The number of benzene rings is 2. The fourth-order valence-corrected chi connectivity index (χ4v) is 1.96. The molecule has 0 aliphatic heterocycles. The topological polar surface area (TPSA) is 47.6 Å². The second-order valence-electron chi connectivity index (χ2n) is 4.36. The Balaban J connectivity index is 2.32. The smallest absolute Gasteiger partial charge is 0.332 e. The lowest BCUT2D eigenvalue weighted by molar-refractivity contribution is -0.141. The molecule has 0 aromatic heterocycles. The SMILES string of the molecule is COC(=O)C(Nc1ccccc1)c1ccc(OC)c(F)c1. The Morgan fingerprint density at radius 3 is 2.43 bits per heavy atom. The Labute approximate surface area is 122 Å². The molecule has 0 aliphatic rings. The number of para-hydroxylation sites is 1. The zero-order valence-electron chi connectivity index (χ0n) is 11.8. The molecule has 0 aliphatic carbocycles. The highest BCUT2D eigenvalue weighted by molar-refractivity contribution is 5.81. The van der Waals surface area contributed by atoms with Crippen LogP contribution in [0.1, 0.15) is 11.6 Å². The van der Waals surface area contributed by atoms with Crippen molar-refractivity contribution in [1.82, 2.24) is 0 Å². The summed E-state index contributed by atoms with van der Waals surface area (Å²) in [5.41, 5.74) is 1.20. The van der Waals surface area contributed by atoms with Crippen molar-refractivity contribution in [2.75, 3.05) is 19.5 Å². The van der Waals surface area contributed by atoms with Crippen LogP contribution in [0.2, 0.25) is 0 Å². The van der Waals surface area contributed by atoms with Gasteiger partial charge in [0.25, 0.3) is 0 Å². The highest BCUT2D eigenvalue weighted by Crippen LogP contribution is 2.25. The minimum Gasteiger partial charge on any atom is -0.494 e. The van der Waals surface area contributed by atoms with Crippen molar-refractivity contribution in [1.29, 1.82) is 0 Å². The van der Waals surface area contributed by atoms with Gasteiger partial charge in [0.2, 0.25) is 0 Å². The van der Waals surface area contributed by atoms with E-state index in [0.717, 1.165) is 5.69 Å². The van der Waals surface area contributed by atoms with Crippen LogP contribution in [0.3, 0.4) is 0 Å². The van der Waals surface area contributed by atoms with Gasteiger partial charge >= 0.3 is 5.97 Å². The Bertz CT molecular complexity index is 616. The molecule has 0 fully saturated rings. The average molecular weight is 289 g/mol. The van der Waals surface area contributed by atoms with Crippen molar-refractivity contribution in [2.24, 2.45) is 0 Å². The molecule has 2 aromatic carbocycles. The standard InChI is InChI=1S/C16H16FNO3/c1-20-14-9-8-11(10-13(14)17)15(16(19)21-2)18-12-6-4-3-5-7-12/h3-10,15,18H,1-2H3. The predicted molar refractivity (Wildman–Crippen MR) is 77.8 cm³/mol. The van der Waals surface area contributed by atoms with Gasteiger partial charge in [0.15, 0.2) is 17.6 Å². The van der Waals surface area contributed by atoms with Crippen molar-refractivity contribution in [2.45, 2.75) is 6.04 Å². The first-order chi connectivity index (χ1) is 10.2. The first-order valence-corrected chi connectivity index (χ1v) is 6.38. The van der Waals surface area contributed by atoms with Crippen LogP contribution in [0, 0.1) is 5.82 Å². The summed E-state index contributed by atoms with van der Waals surface area (Å²) in [6, 6.07) is 12.7.